The zero-order valence-electron chi connectivity index (χ0n) is 9.48. The van der Waals surface area contributed by atoms with Gasteiger partial charge in [-0.1, -0.05) is 26.0 Å². The summed E-state index contributed by atoms with van der Waals surface area (Å²) in [5, 5.41) is 0. The molecule has 0 aliphatic carbocycles. The Labute approximate surface area is 95.9 Å². The Morgan fingerprint density at radius 3 is 2.06 bits per heavy atom. The molecule has 16 heavy (non-hydrogen) atoms. The Kier molecular flexibility index (Phi) is 4.44. The number of rotatable bonds is 5. The summed E-state index contributed by atoms with van der Waals surface area (Å²) in [4.78, 5) is 0. The van der Waals surface area contributed by atoms with Crippen LogP contribution < -0.4 is 0 Å². The monoisotopic (exact) mass is 245 g/mol. The van der Waals surface area contributed by atoms with E-state index in [9.17, 15) is 12.8 Å². The zero-order chi connectivity index (χ0) is 12.2. The predicted octanol–water partition coefficient (Wildman–Crippen LogP) is 2.00. The van der Waals surface area contributed by atoms with Gasteiger partial charge in [-0.3, -0.25) is 0 Å². The third kappa shape index (κ3) is 3.28. The van der Waals surface area contributed by atoms with Crippen molar-refractivity contribution in [2.45, 2.75) is 19.6 Å². The van der Waals surface area contributed by atoms with Crippen molar-refractivity contribution in [2.24, 2.45) is 0 Å². The van der Waals surface area contributed by atoms with Crippen LogP contribution in [0.2, 0.25) is 0 Å². The fraction of sp³-hybridized carbons (Fsp3) is 0.455. The van der Waals surface area contributed by atoms with Gasteiger partial charge in [-0.25, -0.2) is 17.1 Å². The molecule has 0 aliphatic rings. The Balaban J connectivity index is 2.84. The maximum atomic E-state index is 12.7. The molecule has 0 N–H and O–H groups in total. The molecule has 3 nitrogen and oxygen atoms in total. The average Bonchev–Trinajstić information content (AvgIpc) is 2.22. The molecule has 5 heteroatoms. The van der Waals surface area contributed by atoms with Crippen LogP contribution in [0.4, 0.5) is 4.39 Å². The molecule has 1 aromatic carbocycles. The summed E-state index contributed by atoms with van der Waals surface area (Å²) in [7, 11) is -3.28. The maximum Gasteiger partial charge on any atom is 0.218 e. The van der Waals surface area contributed by atoms with Crippen molar-refractivity contribution in [1.29, 1.82) is 0 Å². The predicted molar refractivity (Wildman–Crippen MR) is 61.9 cm³/mol. The van der Waals surface area contributed by atoms with E-state index in [1.165, 1.54) is 28.6 Å². The number of sulfonamides is 1. The molecular formula is C11H16FNO2S. The topological polar surface area (TPSA) is 37.4 Å². The minimum absolute atomic E-state index is 0.0744. The van der Waals surface area contributed by atoms with Crippen LogP contribution in [-0.4, -0.2) is 25.8 Å². The third-order valence-corrected chi connectivity index (χ3v) is 4.36. The average molecular weight is 245 g/mol. The SMILES string of the molecule is CCN(CC)S(=O)(=O)Cc1ccc(F)cc1. The van der Waals surface area contributed by atoms with Crippen molar-refractivity contribution in [2.75, 3.05) is 13.1 Å². The molecule has 1 rings (SSSR count). The first-order valence-corrected chi connectivity index (χ1v) is 6.82. The van der Waals surface area contributed by atoms with Crippen LogP contribution in [0.1, 0.15) is 19.4 Å². The molecule has 0 amide bonds. The van der Waals surface area contributed by atoms with Crippen LogP contribution in [0, 0.1) is 5.82 Å². The van der Waals surface area contributed by atoms with Gasteiger partial charge >= 0.3 is 0 Å². The first kappa shape index (κ1) is 13.1. The lowest BCUT2D eigenvalue weighted by molar-refractivity contribution is 0.444. The molecule has 0 unspecified atom stereocenters. The summed E-state index contributed by atoms with van der Waals surface area (Å²) in [6, 6.07) is 5.53. The van der Waals surface area contributed by atoms with Crippen molar-refractivity contribution >= 4 is 10.0 Å². The van der Waals surface area contributed by atoms with Crippen LogP contribution in [-0.2, 0) is 15.8 Å². The van der Waals surface area contributed by atoms with E-state index in [-0.39, 0.29) is 11.6 Å². The van der Waals surface area contributed by atoms with E-state index in [0.29, 0.717) is 18.7 Å². The number of nitrogens with zero attached hydrogens (tertiary/aromatic N) is 1. The second kappa shape index (κ2) is 5.41. The molecule has 0 atom stereocenters. The molecule has 0 saturated heterocycles. The van der Waals surface area contributed by atoms with Crippen LogP contribution >= 0.6 is 0 Å². The lowest BCUT2D eigenvalue weighted by Gasteiger charge is -2.18. The molecule has 0 saturated carbocycles. The first-order chi connectivity index (χ1) is 7.49. The van der Waals surface area contributed by atoms with Crippen molar-refractivity contribution in [3.8, 4) is 0 Å². The Morgan fingerprint density at radius 2 is 1.62 bits per heavy atom. The van der Waals surface area contributed by atoms with Crippen molar-refractivity contribution in [3.63, 3.8) is 0 Å². The molecule has 0 aliphatic heterocycles. The third-order valence-electron chi connectivity index (χ3n) is 2.36. The minimum atomic E-state index is -3.28. The molecule has 0 fully saturated rings. The van der Waals surface area contributed by atoms with Crippen molar-refractivity contribution < 1.29 is 12.8 Å². The highest BCUT2D eigenvalue weighted by Gasteiger charge is 2.18. The van der Waals surface area contributed by atoms with Crippen LogP contribution in [0.25, 0.3) is 0 Å². The van der Waals surface area contributed by atoms with E-state index >= 15 is 0 Å². The van der Waals surface area contributed by atoms with E-state index in [1.54, 1.807) is 13.8 Å². The highest BCUT2D eigenvalue weighted by atomic mass is 32.2. The molecule has 0 spiro atoms. The van der Waals surface area contributed by atoms with Gasteiger partial charge in [0.2, 0.25) is 10.0 Å². The van der Waals surface area contributed by atoms with E-state index in [4.69, 9.17) is 0 Å². The molecule has 0 bridgehead atoms. The van der Waals surface area contributed by atoms with E-state index in [2.05, 4.69) is 0 Å². The second-order valence-corrected chi connectivity index (χ2v) is 5.44. The van der Waals surface area contributed by atoms with Gasteiger partial charge in [0.25, 0.3) is 0 Å². The number of hydrogen-bond donors (Lipinski definition) is 0. The standard InChI is InChI=1S/C11H16FNO2S/c1-3-13(4-2)16(14,15)9-10-5-7-11(12)8-6-10/h5-8H,3-4,9H2,1-2H3. The Bertz CT molecular complexity index is 424. The highest BCUT2D eigenvalue weighted by molar-refractivity contribution is 7.88. The van der Waals surface area contributed by atoms with Gasteiger partial charge in [0, 0.05) is 13.1 Å². The second-order valence-electron chi connectivity index (χ2n) is 3.47. The van der Waals surface area contributed by atoms with E-state index < -0.39 is 10.0 Å². The Hall–Kier alpha value is -0.940. The molecule has 0 heterocycles. The van der Waals surface area contributed by atoms with Crippen LogP contribution in [0.3, 0.4) is 0 Å². The molecule has 0 radical (unpaired) electrons. The fourth-order valence-corrected chi connectivity index (χ4v) is 3.08. The highest BCUT2D eigenvalue weighted by Crippen LogP contribution is 2.11. The van der Waals surface area contributed by atoms with Gasteiger partial charge in [0.05, 0.1) is 5.75 Å². The summed E-state index contributed by atoms with van der Waals surface area (Å²) < 4.78 is 37.8. The minimum Gasteiger partial charge on any atom is -0.212 e. The Morgan fingerprint density at radius 1 is 1.12 bits per heavy atom. The largest absolute Gasteiger partial charge is 0.218 e. The molecule has 1 aromatic rings. The van der Waals surface area contributed by atoms with E-state index in [0.717, 1.165) is 0 Å². The normalized spacial score (nSPS) is 12.0. The van der Waals surface area contributed by atoms with Crippen molar-refractivity contribution in [3.05, 3.63) is 35.6 Å². The number of halogens is 1. The lowest BCUT2D eigenvalue weighted by atomic mass is 10.2. The summed E-state index contributed by atoms with van der Waals surface area (Å²) in [6.07, 6.45) is 0. The van der Waals surface area contributed by atoms with Gasteiger partial charge in [0.15, 0.2) is 0 Å². The maximum absolute atomic E-state index is 12.7. The van der Waals surface area contributed by atoms with Gasteiger partial charge < -0.3 is 0 Å². The van der Waals surface area contributed by atoms with Crippen molar-refractivity contribution in [1.82, 2.24) is 4.31 Å². The summed E-state index contributed by atoms with van der Waals surface area (Å²) in [5.74, 6) is -0.432. The quantitative estimate of drug-likeness (QED) is 0.795. The van der Waals surface area contributed by atoms with Gasteiger partial charge in [-0.2, -0.15) is 0 Å². The fourth-order valence-electron chi connectivity index (χ4n) is 1.50. The number of benzene rings is 1. The van der Waals surface area contributed by atoms with Crippen LogP contribution in [0.15, 0.2) is 24.3 Å². The lowest BCUT2D eigenvalue weighted by Crippen LogP contribution is -2.31. The van der Waals surface area contributed by atoms with Gasteiger partial charge in [-0.15, -0.1) is 0 Å². The summed E-state index contributed by atoms with van der Waals surface area (Å²) >= 11 is 0. The van der Waals surface area contributed by atoms with E-state index in [1.807, 2.05) is 0 Å². The molecule has 90 valence electrons. The summed E-state index contributed by atoms with van der Waals surface area (Å²) in [5.41, 5.74) is 0.605. The van der Waals surface area contributed by atoms with Crippen LogP contribution in [0.5, 0.6) is 0 Å². The number of hydrogen-bond acceptors (Lipinski definition) is 2. The zero-order valence-corrected chi connectivity index (χ0v) is 10.3. The van der Waals surface area contributed by atoms with Gasteiger partial charge in [-0.05, 0) is 17.7 Å². The molecule has 0 aromatic heterocycles. The smallest absolute Gasteiger partial charge is 0.212 e. The van der Waals surface area contributed by atoms with Gasteiger partial charge in [0.1, 0.15) is 5.82 Å². The summed E-state index contributed by atoms with van der Waals surface area (Å²) in [6.45, 7) is 4.51. The first-order valence-electron chi connectivity index (χ1n) is 5.22. The molecular weight excluding hydrogens is 229 g/mol.